The maximum atomic E-state index is 13.6. The monoisotopic (exact) mass is 509 g/mol. The Balaban J connectivity index is 1.50. The minimum Gasteiger partial charge on any atom is -0.369 e. The van der Waals surface area contributed by atoms with Gasteiger partial charge < -0.3 is 5.32 Å². The fraction of sp³-hybridized carbons (Fsp3) is 0.296. The van der Waals surface area contributed by atoms with Crippen LogP contribution in [0.2, 0.25) is 0 Å². The molecule has 0 saturated carbocycles. The third kappa shape index (κ3) is 5.79. The molecule has 0 aliphatic carbocycles. The first kappa shape index (κ1) is 24.5. The molecular weight excluding hydrogens is 483 g/mol. The smallest absolute Gasteiger partial charge is 0.369 e. The summed E-state index contributed by atoms with van der Waals surface area (Å²) in [7, 11) is 0. The third-order valence-electron chi connectivity index (χ3n) is 6.15. The van der Waals surface area contributed by atoms with Crippen LogP contribution in [0.3, 0.4) is 0 Å². The van der Waals surface area contributed by atoms with Crippen molar-refractivity contribution in [1.82, 2.24) is 19.9 Å². The van der Waals surface area contributed by atoms with Crippen LogP contribution >= 0.6 is 11.8 Å². The molecule has 9 heteroatoms. The lowest BCUT2D eigenvalue weighted by atomic mass is 10.0. The van der Waals surface area contributed by atoms with Crippen molar-refractivity contribution in [3.63, 3.8) is 0 Å². The lowest BCUT2D eigenvalue weighted by molar-refractivity contribution is -0.137. The molecule has 0 bridgehead atoms. The van der Waals surface area contributed by atoms with E-state index in [1.54, 1.807) is 18.2 Å². The quantitative estimate of drug-likeness (QED) is 0.334. The fourth-order valence-electron chi connectivity index (χ4n) is 4.32. The van der Waals surface area contributed by atoms with Crippen LogP contribution in [0.4, 0.5) is 19.0 Å². The van der Waals surface area contributed by atoms with E-state index in [0.29, 0.717) is 35.8 Å². The molecule has 0 amide bonds. The SMILES string of the molecule is FC(F)(F)c1cccnc1-c1ccc2c(NCCc3ccccc3)nc(CN3CCSCC3)nc2c1. The Bertz CT molecular complexity index is 1320. The number of fused-ring (bicyclic) bond motifs is 1. The number of nitrogens with one attached hydrogen (secondary N) is 1. The summed E-state index contributed by atoms with van der Waals surface area (Å²) in [5.74, 6) is 3.49. The van der Waals surface area contributed by atoms with E-state index in [0.717, 1.165) is 42.5 Å². The van der Waals surface area contributed by atoms with Crippen LogP contribution in [0, 0.1) is 0 Å². The molecule has 4 aromatic rings. The number of halogens is 3. The number of thioether (sulfide) groups is 1. The van der Waals surface area contributed by atoms with Gasteiger partial charge in [-0.1, -0.05) is 36.4 Å². The fourth-order valence-corrected chi connectivity index (χ4v) is 5.30. The molecule has 2 aromatic carbocycles. The van der Waals surface area contributed by atoms with Crippen LogP contribution in [0.5, 0.6) is 0 Å². The van der Waals surface area contributed by atoms with E-state index >= 15 is 0 Å². The van der Waals surface area contributed by atoms with Crippen molar-refractivity contribution in [2.45, 2.75) is 19.1 Å². The molecule has 0 radical (unpaired) electrons. The second kappa shape index (κ2) is 10.8. The molecule has 0 unspecified atom stereocenters. The highest BCUT2D eigenvalue weighted by atomic mass is 32.2. The summed E-state index contributed by atoms with van der Waals surface area (Å²) in [5, 5.41) is 4.21. The summed E-state index contributed by atoms with van der Waals surface area (Å²) >= 11 is 1.93. The van der Waals surface area contributed by atoms with Gasteiger partial charge in [-0.3, -0.25) is 9.88 Å². The highest BCUT2D eigenvalue weighted by molar-refractivity contribution is 7.99. The molecule has 0 spiro atoms. The number of rotatable bonds is 7. The number of pyridine rings is 1. The predicted molar refractivity (Wildman–Crippen MR) is 139 cm³/mol. The van der Waals surface area contributed by atoms with Crippen molar-refractivity contribution in [2.24, 2.45) is 0 Å². The van der Waals surface area contributed by atoms with Crippen LogP contribution in [0.25, 0.3) is 22.2 Å². The summed E-state index contributed by atoms with van der Waals surface area (Å²) in [6, 6.07) is 17.7. The third-order valence-corrected chi connectivity index (χ3v) is 7.09. The summed E-state index contributed by atoms with van der Waals surface area (Å²) in [4.78, 5) is 16.0. The van der Waals surface area contributed by atoms with Crippen LogP contribution in [0.1, 0.15) is 17.0 Å². The standard InChI is InChI=1S/C27H26F3N5S/c28-27(29,30)22-7-4-11-31-25(22)20-8-9-21-23(17-20)33-24(18-35-13-15-36-16-14-35)34-26(21)32-12-10-19-5-2-1-3-6-19/h1-9,11,17H,10,12-16,18H2,(H,32,33,34). The Hall–Kier alpha value is -3.17. The van der Waals surface area contributed by atoms with Gasteiger partial charge in [-0.2, -0.15) is 24.9 Å². The lowest BCUT2D eigenvalue weighted by Crippen LogP contribution is -2.32. The number of hydrogen-bond donors (Lipinski definition) is 1. The lowest BCUT2D eigenvalue weighted by Gasteiger charge is -2.25. The van der Waals surface area contributed by atoms with Crippen molar-refractivity contribution in [1.29, 1.82) is 0 Å². The van der Waals surface area contributed by atoms with Gasteiger partial charge in [0.15, 0.2) is 0 Å². The molecule has 1 fully saturated rings. The normalized spacial score (nSPS) is 14.8. The highest BCUT2D eigenvalue weighted by Crippen LogP contribution is 2.36. The van der Waals surface area contributed by atoms with Crippen LogP contribution in [-0.2, 0) is 19.1 Å². The average molecular weight is 510 g/mol. The molecule has 36 heavy (non-hydrogen) atoms. The summed E-state index contributed by atoms with van der Waals surface area (Å²) < 4.78 is 40.9. The van der Waals surface area contributed by atoms with Gasteiger partial charge in [0.2, 0.25) is 0 Å². The van der Waals surface area contributed by atoms with Gasteiger partial charge in [0.05, 0.1) is 23.3 Å². The van der Waals surface area contributed by atoms with Gasteiger partial charge in [0.25, 0.3) is 0 Å². The van der Waals surface area contributed by atoms with Gasteiger partial charge in [0.1, 0.15) is 11.6 Å². The van der Waals surface area contributed by atoms with Crippen molar-refractivity contribution in [2.75, 3.05) is 36.5 Å². The van der Waals surface area contributed by atoms with Crippen molar-refractivity contribution in [3.05, 3.63) is 83.8 Å². The Labute approximate surface area is 212 Å². The molecule has 1 saturated heterocycles. The number of anilines is 1. The molecule has 0 atom stereocenters. The second-order valence-corrected chi connectivity index (χ2v) is 9.89. The molecule has 5 nitrogen and oxygen atoms in total. The molecule has 186 valence electrons. The maximum absolute atomic E-state index is 13.6. The van der Waals surface area contributed by atoms with E-state index in [1.807, 2.05) is 30.0 Å². The van der Waals surface area contributed by atoms with Crippen molar-refractivity contribution >= 4 is 28.5 Å². The first-order valence-corrected chi connectivity index (χ1v) is 13.0. The number of aromatic nitrogens is 3. The molecule has 1 aliphatic rings. The Morgan fingerprint density at radius 3 is 2.53 bits per heavy atom. The van der Waals surface area contributed by atoms with Crippen LogP contribution < -0.4 is 5.32 Å². The molecular formula is C27H26F3N5S. The van der Waals surface area contributed by atoms with E-state index in [-0.39, 0.29) is 5.69 Å². The topological polar surface area (TPSA) is 53.9 Å². The first-order valence-electron chi connectivity index (χ1n) is 11.9. The maximum Gasteiger partial charge on any atom is 0.418 e. The molecule has 2 aromatic heterocycles. The summed E-state index contributed by atoms with van der Waals surface area (Å²) in [6.07, 6.45) is -2.29. The second-order valence-electron chi connectivity index (χ2n) is 8.67. The zero-order valence-corrected chi connectivity index (χ0v) is 20.4. The molecule has 5 rings (SSSR count). The summed E-state index contributed by atoms with van der Waals surface area (Å²) in [5.41, 5.74) is 1.34. The zero-order valence-electron chi connectivity index (χ0n) is 19.6. The highest BCUT2D eigenvalue weighted by Gasteiger charge is 2.34. The number of alkyl halides is 3. The van der Waals surface area contributed by atoms with Gasteiger partial charge >= 0.3 is 6.18 Å². The average Bonchev–Trinajstić information content (AvgIpc) is 2.89. The largest absolute Gasteiger partial charge is 0.418 e. The molecule has 1 aliphatic heterocycles. The number of benzene rings is 2. The Kier molecular flexibility index (Phi) is 7.38. The Morgan fingerprint density at radius 1 is 0.944 bits per heavy atom. The molecule has 1 N–H and O–H groups in total. The van der Waals surface area contributed by atoms with Crippen LogP contribution in [0.15, 0.2) is 66.9 Å². The van der Waals surface area contributed by atoms with E-state index in [4.69, 9.17) is 9.97 Å². The van der Waals surface area contributed by atoms with Gasteiger partial charge in [-0.15, -0.1) is 0 Å². The van der Waals surface area contributed by atoms with E-state index in [1.165, 1.54) is 17.8 Å². The Morgan fingerprint density at radius 2 is 1.75 bits per heavy atom. The van der Waals surface area contributed by atoms with Crippen molar-refractivity contribution in [3.8, 4) is 11.3 Å². The van der Waals surface area contributed by atoms with Gasteiger partial charge in [0, 0.05) is 48.3 Å². The number of hydrogen-bond acceptors (Lipinski definition) is 6. The zero-order chi connectivity index (χ0) is 25.0. The van der Waals surface area contributed by atoms with Crippen LogP contribution in [-0.4, -0.2) is 51.0 Å². The minimum absolute atomic E-state index is 0.0984. The first-order chi connectivity index (χ1) is 17.5. The summed E-state index contributed by atoms with van der Waals surface area (Å²) in [6.45, 7) is 3.21. The van der Waals surface area contributed by atoms with Crippen molar-refractivity contribution < 1.29 is 13.2 Å². The predicted octanol–water partition coefficient (Wildman–Crippen LogP) is 5.91. The van der Waals surface area contributed by atoms with E-state index in [2.05, 4.69) is 27.3 Å². The minimum atomic E-state index is -4.49. The van der Waals surface area contributed by atoms with Gasteiger partial charge in [-0.25, -0.2) is 9.97 Å². The molecule has 3 heterocycles. The van der Waals surface area contributed by atoms with Gasteiger partial charge in [-0.05, 0) is 36.2 Å². The van der Waals surface area contributed by atoms with E-state index in [9.17, 15) is 13.2 Å². The van der Waals surface area contributed by atoms with E-state index < -0.39 is 11.7 Å². The number of nitrogens with zero attached hydrogens (tertiary/aromatic N) is 4.